The summed E-state index contributed by atoms with van der Waals surface area (Å²) in [5, 5.41) is 2.17. The van der Waals surface area contributed by atoms with Crippen LogP contribution in [0.15, 0.2) is 29.6 Å². The molecule has 1 aromatic heterocycles. The number of thiophene rings is 1. The average molecular weight is 323 g/mol. The molecule has 96 valence electrons. The van der Waals surface area contributed by atoms with Crippen molar-refractivity contribution < 1.29 is 0 Å². The second kappa shape index (κ2) is 6.03. The van der Waals surface area contributed by atoms with Crippen LogP contribution in [-0.4, -0.2) is 0 Å². The van der Waals surface area contributed by atoms with Gasteiger partial charge >= 0.3 is 0 Å². The Labute approximate surface area is 122 Å². The van der Waals surface area contributed by atoms with E-state index in [1.807, 2.05) is 11.3 Å². The number of aryl methyl sites for hydroxylation is 3. The fourth-order valence-corrected chi connectivity index (χ4v) is 4.24. The highest BCUT2D eigenvalue weighted by Crippen LogP contribution is 2.38. The zero-order chi connectivity index (χ0) is 13.1. The van der Waals surface area contributed by atoms with Crippen molar-refractivity contribution in [3.8, 4) is 0 Å². The highest BCUT2D eigenvalue weighted by molar-refractivity contribution is 9.09. The highest BCUT2D eigenvalue weighted by Gasteiger charge is 2.17. The molecule has 18 heavy (non-hydrogen) atoms. The summed E-state index contributed by atoms with van der Waals surface area (Å²) in [6, 6.07) is 9.09. The summed E-state index contributed by atoms with van der Waals surface area (Å²) in [5.74, 6) is 0. The molecular formula is C16H19BrS. The Balaban J connectivity index is 2.45. The van der Waals surface area contributed by atoms with Crippen LogP contribution in [0.25, 0.3) is 0 Å². The van der Waals surface area contributed by atoms with Gasteiger partial charge in [0.25, 0.3) is 0 Å². The van der Waals surface area contributed by atoms with E-state index in [4.69, 9.17) is 0 Å². The smallest absolute Gasteiger partial charge is 0.0743 e. The molecule has 0 aliphatic rings. The van der Waals surface area contributed by atoms with Crippen molar-refractivity contribution in [3.05, 3.63) is 56.8 Å². The minimum absolute atomic E-state index is 0.332. The zero-order valence-corrected chi connectivity index (χ0v) is 13.6. The van der Waals surface area contributed by atoms with Crippen molar-refractivity contribution >= 4 is 27.3 Å². The van der Waals surface area contributed by atoms with E-state index in [0.29, 0.717) is 4.83 Å². The molecule has 0 radical (unpaired) electrons. The van der Waals surface area contributed by atoms with Gasteiger partial charge in [-0.15, -0.1) is 11.3 Å². The number of halogens is 1. The van der Waals surface area contributed by atoms with Crippen LogP contribution >= 0.6 is 27.3 Å². The van der Waals surface area contributed by atoms with Crippen LogP contribution in [0.4, 0.5) is 0 Å². The Kier molecular flexibility index (Phi) is 4.63. The Hall–Kier alpha value is -0.600. The predicted molar refractivity (Wildman–Crippen MR) is 85.0 cm³/mol. The molecule has 0 saturated carbocycles. The average Bonchev–Trinajstić information content (AvgIpc) is 2.83. The van der Waals surface area contributed by atoms with E-state index < -0.39 is 0 Å². The van der Waals surface area contributed by atoms with E-state index in [1.54, 1.807) is 0 Å². The maximum absolute atomic E-state index is 3.89. The lowest BCUT2D eigenvalue weighted by Gasteiger charge is -2.15. The standard InChI is InChI=1S/C16H19BrS/c1-4-12-6-7-13(5-2)14(10-12)15(17)16-11(3)8-9-18-16/h6-10,15H,4-5H2,1-3H3. The normalized spacial score (nSPS) is 12.7. The fraction of sp³-hybridized carbons (Fsp3) is 0.375. The van der Waals surface area contributed by atoms with Crippen LogP contribution in [-0.2, 0) is 12.8 Å². The van der Waals surface area contributed by atoms with Gasteiger partial charge < -0.3 is 0 Å². The van der Waals surface area contributed by atoms with Crippen molar-refractivity contribution in [2.75, 3.05) is 0 Å². The molecular weight excluding hydrogens is 304 g/mol. The summed E-state index contributed by atoms with van der Waals surface area (Å²) in [5.41, 5.74) is 5.68. The van der Waals surface area contributed by atoms with Crippen LogP contribution < -0.4 is 0 Å². The van der Waals surface area contributed by atoms with Gasteiger partial charge in [0.2, 0.25) is 0 Å². The van der Waals surface area contributed by atoms with Crippen LogP contribution in [0.1, 0.15) is 45.8 Å². The summed E-state index contributed by atoms with van der Waals surface area (Å²) < 4.78 is 0. The summed E-state index contributed by atoms with van der Waals surface area (Å²) in [7, 11) is 0. The first kappa shape index (κ1) is 13.8. The van der Waals surface area contributed by atoms with Gasteiger partial charge in [0.1, 0.15) is 0 Å². The molecule has 1 unspecified atom stereocenters. The monoisotopic (exact) mass is 322 g/mol. The maximum Gasteiger partial charge on any atom is 0.0743 e. The number of alkyl halides is 1. The second-order valence-corrected chi connectivity index (χ2v) is 6.43. The Morgan fingerprint density at radius 1 is 1.17 bits per heavy atom. The first-order valence-electron chi connectivity index (χ1n) is 6.47. The Morgan fingerprint density at radius 3 is 2.50 bits per heavy atom. The predicted octanol–water partition coefficient (Wildman–Crippen LogP) is 5.67. The molecule has 0 spiro atoms. The second-order valence-electron chi connectivity index (χ2n) is 4.57. The number of hydrogen-bond acceptors (Lipinski definition) is 1. The molecule has 2 heteroatoms. The molecule has 2 rings (SSSR count). The van der Waals surface area contributed by atoms with Crippen molar-refractivity contribution in [2.45, 2.75) is 38.4 Å². The molecule has 1 atom stereocenters. The van der Waals surface area contributed by atoms with Gasteiger partial charge in [-0.3, -0.25) is 0 Å². The van der Waals surface area contributed by atoms with Crippen LogP contribution in [0.2, 0.25) is 0 Å². The van der Waals surface area contributed by atoms with Crippen molar-refractivity contribution in [2.24, 2.45) is 0 Å². The van der Waals surface area contributed by atoms with Gasteiger partial charge in [-0.25, -0.2) is 0 Å². The third-order valence-electron chi connectivity index (χ3n) is 3.40. The third-order valence-corrected chi connectivity index (χ3v) is 5.74. The number of benzene rings is 1. The molecule has 2 aromatic rings. The topological polar surface area (TPSA) is 0 Å². The maximum atomic E-state index is 3.89. The lowest BCUT2D eigenvalue weighted by atomic mass is 9.97. The minimum atomic E-state index is 0.332. The van der Waals surface area contributed by atoms with Gasteiger partial charge in [0.05, 0.1) is 4.83 Å². The lowest BCUT2D eigenvalue weighted by molar-refractivity contribution is 1.04. The summed E-state index contributed by atoms with van der Waals surface area (Å²) in [6.45, 7) is 6.63. The molecule has 0 amide bonds. The van der Waals surface area contributed by atoms with Crippen molar-refractivity contribution in [3.63, 3.8) is 0 Å². The van der Waals surface area contributed by atoms with Crippen molar-refractivity contribution in [1.82, 2.24) is 0 Å². The molecule has 1 aromatic carbocycles. The van der Waals surface area contributed by atoms with E-state index in [-0.39, 0.29) is 0 Å². The largest absolute Gasteiger partial charge is 0.147 e. The van der Waals surface area contributed by atoms with E-state index >= 15 is 0 Å². The minimum Gasteiger partial charge on any atom is -0.147 e. The molecule has 0 N–H and O–H groups in total. The van der Waals surface area contributed by atoms with Gasteiger partial charge in [-0.1, -0.05) is 48.0 Å². The van der Waals surface area contributed by atoms with E-state index in [0.717, 1.165) is 12.8 Å². The first-order chi connectivity index (χ1) is 8.67. The van der Waals surface area contributed by atoms with Crippen LogP contribution in [0.3, 0.4) is 0 Å². The van der Waals surface area contributed by atoms with Crippen LogP contribution in [0.5, 0.6) is 0 Å². The third kappa shape index (κ3) is 2.70. The lowest BCUT2D eigenvalue weighted by Crippen LogP contribution is -1.99. The fourth-order valence-electron chi connectivity index (χ4n) is 2.21. The number of rotatable bonds is 4. The summed E-state index contributed by atoms with van der Waals surface area (Å²) in [6.07, 6.45) is 2.19. The first-order valence-corrected chi connectivity index (χ1v) is 8.26. The molecule has 0 nitrogen and oxygen atoms in total. The van der Waals surface area contributed by atoms with E-state index in [2.05, 4.69) is 66.3 Å². The molecule has 0 bridgehead atoms. The molecule has 0 aliphatic carbocycles. The Morgan fingerprint density at radius 2 is 1.94 bits per heavy atom. The molecule has 1 heterocycles. The highest BCUT2D eigenvalue weighted by atomic mass is 79.9. The molecule has 0 saturated heterocycles. The quantitative estimate of drug-likeness (QED) is 0.636. The van der Waals surface area contributed by atoms with Gasteiger partial charge in [-0.2, -0.15) is 0 Å². The van der Waals surface area contributed by atoms with Crippen molar-refractivity contribution in [1.29, 1.82) is 0 Å². The SMILES string of the molecule is CCc1ccc(CC)c(C(Br)c2sccc2C)c1. The molecule has 0 aliphatic heterocycles. The van der Waals surface area contributed by atoms with E-state index in [1.165, 1.54) is 27.1 Å². The summed E-state index contributed by atoms with van der Waals surface area (Å²) >= 11 is 5.73. The zero-order valence-electron chi connectivity index (χ0n) is 11.2. The van der Waals surface area contributed by atoms with Crippen LogP contribution in [0, 0.1) is 6.92 Å². The molecule has 0 fully saturated rings. The van der Waals surface area contributed by atoms with Gasteiger partial charge in [0, 0.05) is 4.88 Å². The van der Waals surface area contributed by atoms with E-state index in [9.17, 15) is 0 Å². The Bertz CT molecular complexity index is 528. The number of hydrogen-bond donors (Lipinski definition) is 0. The summed E-state index contributed by atoms with van der Waals surface area (Å²) in [4.78, 5) is 1.76. The van der Waals surface area contributed by atoms with Gasteiger partial charge in [-0.05, 0) is 53.5 Å². The van der Waals surface area contributed by atoms with Gasteiger partial charge in [0.15, 0.2) is 0 Å².